The van der Waals surface area contributed by atoms with Crippen LogP contribution in [0.1, 0.15) is 32.2 Å². The summed E-state index contributed by atoms with van der Waals surface area (Å²) in [7, 11) is 1.61. The number of hydrogen-bond donors (Lipinski definition) is 2. The number of benzene rings is 1. The standard InChI is InChI=1S/C21H28N6O2/c1-3-10-23-21-20-18(27(26-21)15-8-11-22-12-9-15)13-17(24-25-20)16-6-4-5-7-19(16)29-14-28-2/h4-7,13,15,22H,3,8-12,14H2,1-2H3,(H,23,26). The van der Waals surface area contributed by atoms with Crippen LogP contribution in [0.15, 0.2) is 30.3 Å². The molecule has 3 aromatic rings. The molecule has 0 aliphatic carbocycles. The first-order chi connectivity index (χ1) is 14.3. The van der Waals surface area contributed by atoms with Gasteiger partial charge in [0, 0.05) is 19.2 Å². The molecule has 3 heterocycles. The topological polar surface area (TPSA) is 86.1 Å². The summed E-state index contributed by atoms with van der Waals surface area (Å²) in [5.41, 5.74) is 3.47. The largest absolute Gasteiger partial charge is 0.467 e. The van der Waals surface area contributed by atoms with Crippen LogP contribution in [0.25, 0.3) is 22.3 Å². The maximum atomic E-state index is 5.72. The van der Waals surface area contributed by atoms with Crippen molar-refractivity contribution in [2.45, 2.75) is 32.2 Å². The molecule has 2 aromatic heterocycles. The zero-order chi connectivity index (χ0) is 20.1. The van der Waals surface area contributed by atoms with Crippen LogP contribution in [-0.2, 0) is 4.74 Å². The maximum Gasteiger partial charge on any atom is 0.188 e. The lowest BCUT2D eigenvalue weighted by Gasteiger charge is -2.23. The minimum Gasteiger partial charge on any atom is -0.467 e. The third kappa shape index (κ3) is 4.18. The predicted molar refractivity (Wildman–Crippen MR) is 113 cm³/mol. The molecule has 0 unspecified atom stereocenters. The monoisotopic (exact) mass is 396 g/mol. The molecule has 0 radical (unpaired) electrons. The van der Waals surface area contributed by atoms with Crippen molar-refractivity contribution < 1.29 is 9.47 Å². The first-order valence-electron chi connectivity index (χ1n) is 10.2. The molecular weight excluding hydrogens is 368 g/mol. The zero-order valence-electron chi connectivity index (χ0n) is 17.0. The lowest BCUT2D eigenvalue weighted by Crippen LogP contribution is -2.29. The van der Waals surface area contributed by atoms with E-state index in [1.54, 1.807) is 7.11 Å². The molecule has 8 heteroatoms. The van der Waals surface area contributed by atoms with Gasteiger partial charge in [-0.15, -0.1) is 10.2 Å². The fraction of sp³-hybridized carbons (Fsp3) is 0.476. The Labute approximate surface area is 170 Å². The normalized spacial score (nSPS) is 15.0. The maximum absolute atomic E-state index is 5.72. The van der Waals surface area contributed by atoms with E-state index in [2.05, 4.69) is 38.5 Å². The van der Waals surface area contributed by atoms with Crippen LogP contribution in [0.4, 0.5) is 5.82 Å². The SMILES string of the molecule is CCCNc1nn(C2CCNCC2)c2cc(-c3ccccc3OCOC)nnc12. The fourth-order valence-electron chi connectivity index (χ4n) is 3.68. The molecular formula is C21H28N6O2. The Morgan fingerprint density at radius 2 is 2.03 bits per heavy atom. The van der Waals surface area contributed by atoms with E-state index in [1.807, 2.05) is 24.3 Å². The summed E-state index contributed by atoms with van der Waals surface area (Å²) in [4.78, 5) is 0. The smallest absolute Gasteiger partial charge is 0.188 e. The fourth-order valence-corrected chi connectivity index (χ4v) is 3.68. The number of anilines is 1. The van der Waals surface area contributed by atoms with Gasteiger partial charge in [0.2, 0.25) is 0 Å². The van der Waals surface area contributed by atoms with E-state index in [-0.39, 0.29) is 6.79 Å². The highest BCUT2D eigenvalue weighted by atomic mass is 16.7. The van der Waals surface area contributed by atoms with Crippen molar-refractivity contribution >= 4 is 16.9 Å². The summed E-state index contributed by atoms with van der Waals surface area (Å²) in [6.45, 7) is 5.19. The van der Waals surface area contributed by atoms with Crippen LogP contribution >= 0.6 is 0 Å². The highest BCUT2D eigenvalue weighted by Crippen LogP contribution is 2.33. The number of fused-ring (bicyclic) bond motifs is 1. The number of rotatable bonds is 8. The van der Waals surface area contributed by atoms with Crippen molar-refractivity contribution in [3.63, 3.8) is 0 Å². The lowest BCUT2D eigenvalue weighted by molar-refractivity contribution is 0.0515. The summed E-state index contributed by atoms with van der Waals surface area (Å²) >= 11 is 0. The van der Waals surface area contributed by atoms with Gasteiger partial charge in [0.05, 0.1) is 17.3 Å². The van der Waals surface area contributed by atoms with Gasteiger partial charge in [0.1, 0.15) is 5.75 Å². The average Bonchev–Trinajstić information content (AvgIpc) is 3.15. The molecule has 0 saturated carbocycles. The molecule has 4 rings (SSSR count). The van der Waals surface area contributed by atoms with Crippen molar-refractivity contribution in [1.29, 1.82) is 0 Å². The minimum absolute atomic E-state index is 0.185. The van der Waals surface area contributed by atoms with Crippen LogP contribution in [0.2, 0.25) is 0 Å². The Bertz CT molecular complexity index is 951. The molecule has 1 fully saturated rings. The number of nitrogens with zero attached hydrogens (tertiary/aromatic N) is 4. The van der Waals surface area contributed by atoms with Crippen LogP contribution in [0.5, 0.6) is 5.75 Å². The van der Waals surface area contributed by atoms with E-state index in [0.717, 1.165) is 72.8 Å². The second kappa shape index (κ2) is 9.19. The number of para-hydroxylation sites is 1. The number of hydrogen-bond acceptors (Lipinski definition) is 7. The van der Waals surface area contributed by atoms with Crippen LogP contribution in [0.3, 0.4) is 0 Å². The summed E-state index contributed by atoms with van der Waals surface area (Å²) in [6, 6.07) is 10.2. The average molecular weight is 396 g/mol. The molecule has 29 heavy (non-hydrogen) atoms. The second-order valence-corrected chi connectivity index (χ2v) is 7.21. The van der Waals surface area contributed by atoms with Crippen LogP contribution < -0.4 is 15.4 Å². The van der Waals surface area contributed by atoms with Gasteiger partial charge in [-0.05, 0) is 50.6 Å². The Hall–Kier alpha value is -2.71. The molecule has 1 saturated heterocycles. The summed E-state index contributed by atoms with van der Waals surface area (Å²) in [6.07, 6.45) is 3.13. The Balaban J connectivity index is 1.78. The molecule has 1 aliphatic heterocycles. The van der Waals surface area contributed by atoms with Gasteiger partial charge in [-0.2, -0.15) is 5.10 Å². The number of ether oxygens (including phenoxy) is 2. The lowest BCUT2D eigenvalue weighted by atomic mass is 10.1. The van der Waals surface area contributed by atoms with Crippen molar-refractivity contribution in [2.75, 3.05) is 38.9 Å². The number of methoxy groups -OCH3 is 1. The first-order valence-corrected chi connectivity index (χ1v) is 10.2. The van der Waals surface area contributed by atoms with E-state index in [9.17, 15) is 0 Å². The molecule has 8 nitrogen and oxygen atoms in total. The Kier molecular flexibility index (Phi) is 6.21. The predicted octanol–water partition coefficient (Wildman–Crippen LogP) is 3.22. The molecule has 154 valence electrons. The number of aromatic nitrogens is 4. The Morgan fingerprint density at radius 1 is 1.21 bits per heavy atom. The van der Waals surface area contributed by atoms with Gasteiger partial charge in [-0.25, -0.2) is 0 Å². The Morgan fingerprint density at radius 3 is 2.83 bits per heavy atom. The second-order valence-electron chi connectivity index (χ2n) is 7.21. The summed E-state index contributed by atoms with van der Waals surface area (Å²) in [5.74, 6) is 1.53. The molecule has 0 amide bonds. The van der Waals surface area contributed by atoms with Gasteiger partial charge in [0.25, 0.3) is 0 Å². The summed E-state index contributed by atoms with van der Waals surface area (Å²) in [5, 5.41) is 20.8. The van der Waals surface area contributed by atoms with Gasteiger partial charge < -0.3 is 20.1 Å². The highest BCUT2D eigenvalue weighted by Gasteiger charge is 2.22. The van der Waals surface area contributed by atoms with E-state index in [4.69, 9.17) is 14.6 Å². The van der Waals surface area contributed by atoms with Crippen molar-refractivity contribution in [2.24, 2.45) is 0 Å². The van der Waals surface area contributed by atoms with Crippen LogP contribution in [0, 0.1) is 0 Å². The first kappa shape index (κ1) is 19.6. The molecule has 2 N–H and O–H groups in total. The van der Waals surface area contributed by atoms with E-state index in [1.165, 1.54) is 0 Å². The molecule has 0 spiro atoms. The van der Waals surface area contributed by atoms with Crippen LogP contribution in [-0.4, -0.2) is 53.5 Å². The van der Waals surface area contributed by atoms with Crippen molar-refractivity contribution in [3.8, 4) is 17.0 Å². The van der Waals surface area contributed by atoms with E-state index < -0.39 is 0 Å². The van der Waals surface area contributed by atoms with E-state index in [0.29, 0.717) is 6.04 Å². The molecule has 0 bridgehead atoms. The quantitative estimate of drug-likeness (QED) is 0.565. The van der Waals surface area contributed by atoms with E-state index >= 15 is 0 Å². The third-order valence-corrected chi connectivity index (χ3v) is 5.14. The number of nitrogens with one attached hydrogen (secondary N) is 2. The summed E-state index contributed by atoms with van der Waals surface area (Å²) < 4.78 is 12.9. The minimum atomic E-state index is 0.185. The molecule has 0 atom stereocenters. The molecule has 1 aliphatic rings. The number of piperidine rings is 1. The van der Waals surface area contributed by atoms with Crippen molar-refractivity contribution in [3.05, 3.63) is 30.3 Å². The third-order valence-electron chi connectivity index (χ3n) is 5.14. The van der Waals surface area contributed by atoms with Gasteiger partial charge >= 0.3 is 0 Å². The highest BCUT2D eigenvalue weighted by molar-refractivity contribution is 5.88. The van der Waals surface area contributed by atoms with Crippen molar-refractivity contribution in [1.82, 2.24) is 25.3 Å². The molecule has 1 aromatic carbocycles. The van der Waals surface area contributed by atoms with Gasteiger partial charge in [0.15, 0.2) is 18.1 Å². The van der Waals surface area contributed by atoms with Gasteiger partial charge in [-0.1, -0.05) is 19.1 Å². The van der Waals surface area contributed by atoms with Gasteiger partial charge in [-0.3, -0.25) is 4.68 Å². The zero-order valence-corrected chi connectivity index (χ0v) is 17.0.